The zero-order valence-corrected chi connectivity index (χ0v) is 59.0. The summed E-state index contributed by atoms with van der Waals surface area (Å²) < 4.78 is 30.4. The van der Waals surface area contributed by atoms with Crippen LogP contribution in [0.15, 0.2) is 146 Å². The van der Waals surface area contributed by atoms with E-state index in [1.54, 1.807) is 0 Å². The highest BCUT2D eigenvalue weighted by molar-refractivity contribution is 7.45. The number of phosphoric acid groups is 1. The fourth-order valence-corrected chi connectivity index (χ4v) is 10.5. The van der Waals surface area contributed by atoms with E-state index in [9.17, 15) is 19.0 Å². The van der Waals surface area contributed by atoms with Crippen LogP contribution in [0.25, 0.3) is 0 Å². The number of hydrogen-bond acceptors (Lipinski definition) is 7. The number of allylic oxidation sites excluding steroid dienone is 23. The van der Waals surface area contributed by atoms with E-state index in [2.05, 4.69) is 160 Å². The smallest absolute Gasteiger partial charge is 0.306 e. The van der Waals surface area contributed by atoms with Gasteiger partial charge >= 0.3 is 5.97 Å². The lowest BCUT2D eigenvalue weighted by atomic mass is 10.0. The van der Waals surface area contributed by atoms with Crippen LogP contribution in [0.3, 0.4) is 0 Å². The average molecular weight is 1260 g/mol. The minimum atomic E-state index is -4.72. The van der Waals surface area contributed by atoms with E-state index in [4.69, 9.17) is 13.8 Å². The van der Waals surface area contributed by atoms with Crippen molar-refractivity contribution < 1.29 is 37.3 Å². The first kappa shape index (κ1) is 84.9. The van der Waals surface area contributed by atoms with Crippen LogP contribution in [0, 0.1) is 0 Å². The van der Waals surface area contributed by atoms with Gasteiger partial charge in [-0.3, -0.25) is 14.2 Å². The molecule has 0 aromatic carbocycles. The van der Waals surface area contributed by atoms with E-state index in [0.29, 0.717) is 23.9 Å². The van der Waals surface area contributed by atoms with Crippen molar-refractivity contribution in [3.8, 4) is 0 Å². The molecule has 0 aliphatic rings. The molecule has 89 heavy (non-hydrogen) atoms. The predicted octanol–water partition coefficient (Wildman–Crippen LogP) is 22.7. The fourth-order valence-electron chi connectivity index (χ4n) is 9.79. The standard InChI is InChI=1S/C79H135N2O7P/c1-7-10-13-16-19-22-25-27-29-31-33-35-37-39-40-42-44-46-48-50-52-54-57-60-63-66-69-72-79(83)88-77(70-67-64-61-58-55-24-21-18-15-12-9-3)76(75-87-89(84,85)86-74-73-81(4,5)6)80-78(82)71-68-65-62-59-56-53-51-49-47-45-43-41-38-36-34-32-30-28-26-23-20-17-14-11-8-2/h10-11,13-14,19-20,22-23,27-30,33-36,39-41,43,47,49,67,70,76-77H,7-9,12,15-18,21,24-26,31-32,37-38,42,44-46,48,50-66,68-69,71-75H2,1-6H3,(H-,80,82,84,85)/b13-10-,14-11-,22-19-,23-20-,29-27-,30-28-,35-33-,36-34-,40-39-,43-41-,49-47-,70-67+. The van der Waals surface area contributed by atoms with E-state index in [0.717, 1.165) is 161 Å². The first-order chi connectivity index (χ1) is 43.4. The van der Waals surface area contributed by atoms with E-state index >= 15 is 0 Å². The van der Waals surface area contributed by atoms with Crippen LogP contribution in [0.5, 0.6) is 0 Å². The summed E-state index contributed by atoms with van der Waals surface area (Å²) in [6.07, 6.45) is 96.9. The van der Waals surface area contributed by atoms with Crippen molar-refractivity contribution in [2.75, 3.05) is 40.9 Å². The van der Waals surface area contributed by atoms with Crippen molar-refractivity contribution in [2.24, 2.45) is 0 Å². The molecule has 0 saturated heterocycles. The zero-order valence-electron chi connectivity index (χ0n) is 58.1. The van der Waals surface area contributed by atoms with Crippen LogP contribution in [0.4, 0.5) is 0 Å². The molecule has 0 aromatic heterocycles. The van der Waals surface area contributed by atoms with Gasteiger partial charge in [0.05, 0.1) is 33.8 Å². The molecule has 0 aromatic rings. The molecule has 0 heterocycles. The van der Waals surface area contributed by atoms with Gasteiger partial charge in [-0.25, -0.2) is 0 Å². The Morgan fingerprint density at radius 3 is 1.08 bits per heavy atom. The van der Waals surface area contributed by atoms with Crippen molar-refractivity contribution >= 4 is 19.7 Å². The number of quaternary nitrogens is 1. The predicted molar refractivity (Wildman–Crippen MR) is 385 cm³/mol. The number of nitrogens with zero attached hydrogens (tertiary/aromatic N) is 1. The van der Waals surface area contributed by atoms with Crippen LogP contribution >= 0.6 is 7.82 Å². The second-order valence-corrected chi connectivity index (χ2v) is 26.4. The number of phosphoric ester groups is 1. The molecule has 10 heteroatoms. The summed E-state index contributed by atoms with van der Waals surface area (Å²) in [7, 11) is 1.16. The summed E-state index contributed by atoms with van der Waals surface area (Å²) >= 11 is 0. The molecule has 0 spiro atoms. The van der Waals surface area contributed by atoms with Crippen molar-refractivity contribution in [3.63, 3.8) is 0 Å². The molecule has 0 bridgehead atoms. The Hall–Kier alpha value is -4.11. The number of ether oxygens (including phenoxy) is 1. The Kier molecular flexibility index (Phi) is 63.7. The molecule has 0 rings (SSSR count). The van der Waals surface area contributed by atoms with Crippen LogP contribution < -0.4 is 10.2 Å². The number of nitrogens with one attached hydrogen (secondary N) is 1. The van der Waals surface area contributed by atoms with E-state index in [1.165, 1.54) is 89.9 Å². The number of carbonyl (C=O) groups is 2. The van der Waals surface area contributed by atoms with Gasteiger partial charge in [-0.1, -0.05) is 295 Å². The molecular formula is C79H135N2O7P. The van der Waals surface area contributed by atoms with Gasteiger partial charge in [-0.2, -0.15) is 0 Å². The van der Waals surface area contributed by atoms with Gasteiger partial charge in [-0.05, 0) is 128 Å². The molecule has 0 fully saturated rings. The molecule has 3 atom stereocenters. The molecular weight excluding hydrogens is 1120 g/mol. The Morgan fingerprint density at radius 2 is 0.719 bits per heavy atom. The summed E-state index contributed by atoms with van der Waals surface area (Å²) in [6, 6.07) is -0.909. The Balaban J connectivity index is 5.06. The maximum absolute atomic E-state index is 13.6. The fraction of sp³-hybridized carbons (Fsp3) is 0.671. The second kappa shape index (κ2) is 66.8. The highest BCUT2D eigenvalue weighted by Crippen LogP contribution is 2.38. The summed E-state index contributed by atoms with van der Waals surface area (Å²) in [5.41, 5.74) is 0. The topological polar surface area (TPSA) is 114 Å². The first-order valence-corrected chi connectivity index (χ1v) is 37.6. The Labute approximate surface area is 548 Å². The highest BCUT2D eigenvalue weighted by Gasteiger charge is 2.27. The minimum Gasteiger partial charge on any atom is -0.756 e. The molecule has 1 amide bonds. The van der Waals surface area contributed by atoms with Crippen molar-refractivity contribution in [1.29, 1.82) is 0 Å². The zero-order chi connectivity index (χ0) is 64.9. The van der Waals surface area contributed by atoms with Crippen molar-refractivity contribution in [2.45, 2.75) is 303 Å². The highest BCUT2D eigenvalue weighted by atomic mass is 31.2. The Morgan fingerprint density at radius 1 is 0.404 bits per heavy atom. The molecule has 508 valence electrons. The number of carbonyl (C=O) groups excluding carboxylic acids is 2. The molecule has 0 aliphatic heterocycles. The number of esters is 1. The molecule has 3 unspecified atom stereocenters. The molecule has 0 saturated carbocycles. The van der Waals surface area contributed by atoms with Gasteiger partial charge in [0.1, 0.15) is 19.3 Å². The molecule has 0 aliphatic carbocycles. The average Bonchev–Trinajstić information content (AvgIpc) is 3.62. The quantitative estimate of drug-likeness (QED) is 0.0212. The number of unbranched alkanes of at least 4 members (excludes halogenated alkanes) is 26. The third kappa shape index (κ3) is 68.1. The minimum absolute atomic E-state index is 0.0334. The van der Waals surface area contributed by atoms with Crippen molar-refractivity contribution in [1.82, 2.24) is 5.32 Å². The van der Waals surface area contributed by atoms with Crippen LogP contribution in [0.2, 0.25) is 0 Å². The maximum Gasteiger partial charge on any atom is 0.306 e. The summed E-state index contributed by atoms with van der Waals surface area (Å²) in [5.74, 6) is -0.567. The summed E-state index contributed by atoms with van der Waals surface area (Å²) in [5, 5.41) is 3.03. The van der Waals surface area contributed by atoms with Gasteiger partial charge < -0.3 is 28.5 Å². The monoisotopic (exact) mass is 1260 g/mol. The summed E-state index contributed by atoms with van der Waals surface area (Å²) in [4.78, 5) is 40.2. The lowest BCUT2D eigenvalue weighted by molar-refractivity contribution is -0.870. The number of rotatable bonds is 64. The van der Waals surface area contributed by atoms with Gasteiger partial charge in [0.2, 0.25) is 5.91 Å². The van der Waals surface area contributed by atoms with Crippen LogP contribution in [-0.2, 0) is 27.9 Å². The largest absolute Gasteiger partial charge is 0.756 e. The van der Waals surface area contributed by atoms with Gasteiger partial charge in [0.25, 0.3) is 7.82 Å². The van der Waals surface area contributed by atoms with Gasteiger partial charge in [-0.15, -0.1) is 0 Å². The maximum atomic E-state index is 13.6. The van der Waals surface area contributed by atoms with Crippen LogP contribution in [0.1, 0.15) is 290 Å². The SMILES string of the molecule is CC/C=C\C/C=C\C/C=C\C/C=C\C/C=C\C/C=C\CCCCCCCCC(=O)NC(COP(=O)([O-])OCC[N+](C)(C)C)C(/C=C/CCCCCCCCCCC)OC(=O)CCCCCCCCCCCCC/C=C\C/C=C\C/C=C\C/C=C\C/C=C\CC. The number of hydrogen-bond donors (Lipinski definition) is 1. The number of amides is 1. The van der Waals surface area contributed by atoms with Crippen molar-refractivity contribution in [3.05, 3.63) is 146 Å². The van der Waals surface area contributed by atoms with Gasteiger partial charge in [0.15, 0.2) is 0 Å². The third-order valence-electron chi connectivity index (χ3n) is 15.3. The Bertz CT molecular complexity index is 2030. The number of likely N-dealkylation sites (N-methyl/N-ethyl adjacent to an activating group) is 1. The molecule has 1 N–H and O–H groups in total. The molecule has 0 radical (unpaired) electrons. The lowest BCUT2D eigenvalue weighted by Crippen LogP contribution is -2.47. The first-order valence-electron chi connectivity index (χ1n) is 36.1. The summed E-state index contributed by atoms with van der Waals surface area (Å²) in [6.45, 7) is 6.60. The molecule has 9 nitrogen and oxygen atoms in total. The van der Waals surface area contributed by atoms with E-state index in [1.807, 2.05) is 33.3 Å². The normalized spacial score (nSPS) is 14.4. The van der Waals surface area contributed by atoms with E-state index < -0.39 is 26.6 Å². The van der Waals surface area contributed by atoms with E-state index in [-0.39, 0.29) is 24.9 Å². The second-order valence-electron chi connectivity index (χ2n) is 25.0. The van der Waals surface area contributed by atoms with Gasteiger partial charge in [0, 0.05) is 12.8 Å². The lowest BCUT2D eigenvalue weighted by Gasteiger charge is -2.30. The van der Waals surface area contributed by atoms with Crippen LogP contribution in [-0.4, -0.2) is 69.4 Å². The third-order valence-corrected chi connectivity index (χ3v) is 16.2.